The molecule has 0 atom stereocenters. The molecule has 2 aromatic heterocycles. The molecule has 3 heteroatoms. The van der Waals surface area contributed by atoms with Crippen LogP contribution in [0.1, 0.15) is 28.8 Å². The minimum Gasteiger partial charge on any atom is -0.282 e. The summed E-state index contributed by atoms with van der Waals surface area (Å²) in [6, 6.07) is 6.54. The summed E-state index contributed by atoms with van der Waals surface area (Å²) < 4.78 is 0. The Morgan fingerprint density at radius 3 is 3.11 bits per heavy atom. The Labute approximate surface area is 110 Å². The number of nitrogens with one attached hydrogen (secondary N) is 1. The molecule has 1 N–H and O–H groups in total. The number of aromatic nitrogens is 3. The van der Waals surface area contributed by atoms with E-state index >= 15 is 0 Å². The molecular weight excluding hydrogens is 234 g/mol. The molecule has 5 rings (SSSR count). The van der Waals surface area contributed by atoms with E-state index < -0.39 is 0 Å². The van der Waals surface area contributed by atoms with E-state index in [-0.39, 0.29) is 0 Å². The third-order valence-corrected chi connectivity index (χ3v) is 4.51. The highest BCUT2D eigenvalue weighted by Crippen LogP contribution is 2.41. The SMILES string of the molecule is c1cc2c3c(c4c(nc3c1)-c1cn[nH]c1C4)CCC2. The van der Waals surface area contributed by atoms with E-state index in [1.54, 1.807) is 0 Å². The molecule has 1 aromatic carbocycles. The molecule has 0 amide bonds. The summed E-state index contributed by atoms with van der Waals surface area (Å²) in [4.78, 5) is 4.91. The Bertz CT molecular complexity index is 829. The third kappa shape index (κ3) is 1.13. The van der Waals surface area contributed by atoms with Gasteiger partial charge >= 0.3 is 0 Å². The Kier molecular flexibility index (Phi) is 1.66. The van der Waals surface area contributed by atoms with E-state index in [4.69, 9.17) is 4.98 Å². The van der Waals surface area contributed by atoms with E-state index in [9.17, 15) is 0 Å². The quantitative estimate of drug-likeness (QED) is 0.519. The minimum absolute atomic E-state index is 0.970. The third-order valence-electron chi connectivity index (χ3n) is 4.51. The summed E-state index contributed by atoms with van der Waals surface area (Å²) in [6.45, 7) is 0. The number of H-pyrrole nitrogens is 1. The fraction of sp³-hybridized carbons (Fsp3) is 0.250. The number of hydrogen-bond donors (Lipinski definition) is 1. The molecule has 0 spiro atoms. The molecule has 3 nitrogen and oxygen atoms in total. The molecule has 0 radical (unpaired) electrons. The van der Waals surface area contributed by atoms with Crippen LogP contribution in [0.3, 0.4) is 0 Å². The first-order valence-corrected chi connectivity index (χ1v) is 6.88. The molecule has 0 saturated heterocycles. The molecule has 0 aliphatic heterocycles. The number of aryl methyl sites for hydroxylation is 2. The van der Waals surface area contributed by atoms with Gasteiger partial charge in [-0.1, -0.05) is 12.1 Å². The Morgan fingerprint density at radius 2 is 2.11 bits per heavy atom. The second kappa shape index (κ2) is 3.23. The van der Waals surface area contributed by atoms with Crippen LogP contribution in [-0.4, -0.2) is 15.2 Å². The normalized spacial score (nSPS) is 15.6. The van der Waals surface area contributed by atoms with Gasteiger partial charge in [-0.25, -0.2) is 4.98 Å². The zero-order valence-electron chi connectivity index (χ0n) is 10.5. The Hall–Kier alpha value is -2.16. The molecule has 2 heterocycles. The first-order chi connectivity index (χ1) is 9.42. The first kappa shape index (κ1) is 9.73. The summed E-state index contributed by atoms with van der Waals surface area (Å²) in [5.41, 5.74) is 9.17. The van der Waals surface area contributed by atoms with Crippen molar-refractivity contribution in [1.82, 2.24) is 15.2 Å². The summed E-state index contributed by atoms with van der Waals surface area (Å²) >= 11 is 0. The predicted octanol–water partition coefficient (Wildman–Crippen LogP) is 3.02. The van der Waals surface area contributed by atoms with Gasteiger partial charge in [0.05, 0.1) is 17.4 Å². The van der Waals surface area contributed by atoms with Crippen molar-refractivity contribution < 1.29 is 0 Å². The van der Waals surface area contributed by atoms with Crippen molar-refractivity contribution in [1.29, 1.82) is 0 Å². The van der Waals surface area contributed by atoms with E-state index in [1.807, 2.05) is 6.20 Å². The Morgan fingerprint density at radius 1 is 1.11 bits per heavy atom. The van der Waals surface area contributed by atoms with Crippen molar-refractivity contribution in [3.63, 3.8) is 0 Å². The predicted molar refractivity (Wildman–Crippen MR) is 74.2 cm³/mol. The van der Waals surface area contributed by atoms with Crippen LogP contribution >= 0.6 is 0 Å². The molecule has 3 aromatic rings. The number of aromatic amines is 1. The average molecular weight is 247 g/mol. The second-order valence-corrected chi connectivity index (χ2v) is 5.52. The zero-order valence-corrected chi connectivity index (χ0v) is 10.5. The van der Waals surface area contributed by atoms with Crippen molar-refractivity contribution in [2.45, 2.75) is 25.7 Å². The lowest BCUT2D eigenvalue weighted by Crippen LogP contribution is -2.06. The van der Waals surface area contributed by atoms with Crippen molar-refractivity contribution >= 4 is 10.9 Å². The van der Waals surface area contributed by atoms with Crippen molar-refractivity contribution in [3.05, 3.63) is 46.8 Å². The maximum absolute atomic E-state index is 4.91. The number of pyridine rings is 1. The van der Waals surface area contributed by atoms with Gasteiger partial charge in [-0.3, -0.25) is 5.10 Å². The summed E-state index contributed by atoms with van der Waals surface area (Å²) in [6.07, 6.45) is 6.53. The fourth-order valence-electron chi connectivity index (χ4n) is 3.69. The lowest BCUT2D eigenvalue weighted by atomic mass is 9.87. The van der Waals surface area contributed by atoms with E-state index in [0.717, 1.165) is 17.6 Å². The fourth-order valence-corrected chi connectivity index (χ4v) is 3.69. The summed E-state index contributed by atoms with van der Waals surface area (Å²) in [7, 11) is 0. The highest BCUT2D eigenvalue weighted by atomic mass is 15.1. The molecule has 19 heavy (non-hydrogen) atoms. The van der Waals surface area contributed by atoms with Gasteiger partial charge in [0.2, 0.25) is 0 Å². The van der Waals surface area contributed by atoms with Crippen LogP contribution in [-0.2, 0) is 19.3 Å². The molecule has 92 valence electrons. The number of rotatable bonds is 0. The van der Waals surface area contributed by atoms with Crippen LogP contribution < -0.4 is 0 Å². The molecule has 0 bridgehead atoms. The largest absolute Gasteiger partial charge is 0.282 e. The average Bonchev–Trinajstić information content (AvgIpc) is 3.01. The van der Waals surface area contributed by atoms with Gasteiger partial charge in [0.1, 0.15) is 0 Å². The number of fused-ring (bicyclic) bond motifs is 4. The molecule has 2 aliphatic rings. The van der Waals surface area contributed by atoms with Crippen LogP contribution in [0.2, 0.25) is 0 Å². The lowest BCUT2D eigenvalue weighted by molar-refractivity contribution is 0.798. The standard InChI is InChI=1S/C16H13N3/c1-3-9-4-2-6-13-15(9)10(5-1)11-7-14-12(8-17-19-14)16(11)18-13/h2,4,6,8H,1,3,5,7H2,(H,17,19). The minimum atomic E-state index is 0.970. The zero-order chi connectivity index (χ0) is 12.4. The summed E-state index contributed by atoms with van der Waals surface area (Å²) in [5.74, 6) is 0. The van der Waals surface area contributed by atoms with Gasteiger partial charge in [-0.05, 0) is 42.0 Å². The smallest absolute Gasteiger partial charge is 0.0782 e. The maximum atomic E-state index is 4.91. The van der Waals surface area contributed by atoms with Crippen molar-refractivity contribution in [2.24, 2.45) is 0 Å². The monoisotopic (exact) mass is 247 g/mol. The van der Waals surface area contributed by atoms with Crippen LogP contribution in [0, 0.1) is 0 Å². The van der Waals surface area contributed by atoms with Crippen LogP contribution in [0.15, 0.2) is 24.4 Å². The second-order valence-electron chi connectivity index (χ2n) is 5.52. The topological polar surface area (TPSA) is 41.6 Å². The van der Waals surface area contributed by atoms with Gasteiger partial charge in [-0.15, -0.1) is 0 Å². The van der Waals surface area contributed by atoms with E-state index in [0.29, 0.717) is 0 Å². The van der Waals surface area contributed by atoms with Crippen LogP contribution in [0.25, 0.3) is 22.2 Å². The van der Waals surface area contributed by atoms with Crippen molar-refractivity contribution in [3.8, 4) is 11.3 Å². The lowest BCUT2D eigenvalue weighted by Gasteiger charge is -2.19. The molecule has 2 aliphatic carbocycles. The highest BCUT2D eigenvalue weighted by molar-refractivity contribution is 5.92. The van der Waals surface area contributed by atoms with Crippen LogP contribution in [0.4, 0.5) is 0 Å². The summed E-state index contributed by atoms with van der Waals surface area (Å²) in [5, 5.41) is 8.68. The van der Waals surface area contributed by atoms with Gasteiger partial charge in [-0.2, -0.15) is 5.10 Å². The van der Waals surface area contributed by atoms with Gasteiger partial charge in [0, 0.05) is 23.1 Å². The maximum Gasteiger partial charge on any atom is 0.0782 e. The number of benzene rings is 1. The molecular formula is C16H13N3. The number of hydrogen-bond acceptors (Lipinski definition) is 2. The first-order valence-electron chi connectivity index (χ1n) is 6.88. The Balaban J connectivity index is 1.96. The van der Waals surface area contributed by atoms with Crippen LogP contribution in [0.5, 0.6) is 0 Å². The number of nitrogens with zero attached hydrogens (tertiary/aromatic N) is 2. The highest BCUT2D eigenvalue weighted by Gasteiger charge is 2.27. The van der Waals surface area contributed by atoms with E-state index in [1.165, 1.54) is 52.6 Å². The van der Waals surface area contributed by atoms with E-state index in [2.05, 4.69) is 28.4 Å². The molecule has 0 saturated carbocycles. The molecule has 0 unspecified atom stereocenters. The van der Waals surface area contributed by atoms with Crippen molar-refractivity contribution in [2.75, 3.05) is 0 Å². The van der Waals surface area contributed by atoms with Gasteiger partial charge in [0.15, 0.2) is 0 Å². The van der Waals surface area contributed by atoms with Gasteiger partial charge < -0.3 is 0 Å². The van der Waals surface area contributed by atoms with Gasteiger partial charge in [0.25, 0.3) is 0 Å². The molecule has 0 fully saturated rings.